The highest BCUT2D eigenvalue weighted by Crippen LogP contribution is 2.18. The van der Waals surface area contributed by atoms with E-state index in [1.807, 2.05) is 26.0 Å². The van der Waals surface area contributed by atoms with Gasteiger partial charge >= 0.3 is 12.6 Å². The lowest BCUT2D eigenvalue weighted by Gasteiger charge is -2.10. The van der Waals surface area contributed by atoms with Crippen LogP contribution in [0.25, 0.3) is 0 Å². The van der Waals surface area contributed by atoms with E-state index in [2.05, 4.69) is 10.1 Å². The fraction of sp³-hybridized carbons (Fsp3) is 0.333. The molecule has 0 aliphatic rings. The molecule has 0 bridgehead atoms. The zero-order chi connectivity index (χ0) is 21.2. The number of aryl methyl sites for hydroxylation is 2. The number of ether oxygens (including phenoxy) is 3. The van der Waals surface area contributed by atoms with Crippen molar-refractivity contribution < 1.29 is 32.6 Å². The van der Waals surface area contributed by atoms with Crippen molar-refractivity contribution in [1.29, 1.82) is 0 Å². The molecule has 0 spiro atoms. The van der Waals surface area contributed by atoms with Crippen LogP contribution in [-0.4, -0.2) is 38.2 Å². The largest absolute Gasteiger partial charge is 0.482 e. The van der Waals surface area contributed by atoms with Crippen LogP contribution in [-0.2, 0) is 20.7 Å². The Hall–Kier alpha value is -3.16. The number of halogens is 2. The van der Waals surface area contributed by atoms with Crippen molar-refractivity contribution in [3.05, 3.63) is 59.2 Å². The number of esters is 1. The van der Waals surface area contributed by atoms with Gasteiger partial charge in [-0.3, -0.25) is 4.79 Å². The molecule has 0 aliphatic heterocycles. The molecule has 0 aliphatic carbocycles. The molecule has 1 amide bonds. The molecule has 29 heavy (non-hydrogen) atoms. The third kappa shape index (κ3) is 8.16. The summed E-state index contributed by atoms with van der Waals surface area (Å²) in [5.74, 6) is -0.429. The number of hydrogen-bond donors (Lipinski definition) is 1. The third-order valence-electron chi connectivity index (χ3n) is 3.92. The summed E-state index contributed by atoms with van der Waals surface area (Å²) in [6.07, 6.45) is 0.491. The van der Waals surface area contributed by atoms with Gasteiger partial charge in [0.1, 0.15) is 11.5 Å². The van der Waals surface area contributed by atoms with Gasteiger partial charge in [-0.25, -0.2) is 4.79 Å². The maximum absolute atomic E-state index is 12.1. The molecule has 0 saturated carbocycles. The van der Waals surface area contributed by atoms with E-state index < -0.39 is 25.1 Å². The summed E-state index contributed by atoms with van der Waals surface area (Å²) < 4.78 is 38.7. The highest BCUT2D eigenvalue weighted by atomic mass is 19.3. The monoisotopic (exact) mass is 407 g/mol. The summed E-state index contributed by atoms with van der Waals surface area (Å²) in [6.45, 7) is 0.584. The molecular formula is C21H23F2NO5. The zero-order valence-corrected chi connectivity index (χ0v) is 16.2. The Balaban J connectivity index is 1.63. The third-order valence-corrected chi connectivity index (χ3v) is 3.92. The van der Waals surface area contributed by atoms with E-state index in [4.69, 9.17) is 9.47 Å². The molecule has 0 saturated heterocycles. The normalized spacial score (nSPS) is 10.5. The van der Waals surface area contributed by atoms with Crippen molar-refractivity contribution >= 4 is 11.9 Å². The summed E-state index contributed by atoms with van der Waals surface area (Å²) in [4.78, 5) is 23.5. The molecule has 2 aromatic rings. The molecule has 0 unspecified atom stereocenters. The minimum atomic E-state index is -2.87. The predicted molar refractivity (Wildman–Crippen MR) is 102 cm³/mol. The first-order valence-corrected chi connectivity index (χ1v) is 8.99. The Bertz CT molecular complexity index is 824. The van der Waals surface area contributed by atoms with Crippen LogP contribution in [0.1, 0.15) is 16.7 Å². The Morgan fingerprint density at radius 2 is 1.76 bits per heavy atom. The molecule has 6 nitrogen and oxygen atoms in total. The first-order valence-electron chi connectivity index (χ1n) is 8.99. The van der Waals surface area contributed by atoms with Crippen molar-refractivity contribution in [2.24, 2.45) is 0 Å². The molecule has 156 valence electrons. The number of benzene rings is 2. The van der Waals surface area contributed by atoms with Crippen LogP contribution in [0.3, 0.4) is 0 Å². The Morgan fingerprint density at radius 3 is 2.41 bits per heavy atom. The standard InChI is InChI=1S/C21H23F2NO5/c1-14-3-8-18(15(2)11-14)27-13-20(26)28-12-19(25)24-10-9-16-4-6-17(7-5-16)29-21(22)23/h3-8,11,21H,9-10,12-13H2,1-2H3,(H,24,25). The van der Waals surface area contributed by atoms with Crippen LogP contribution < -0.4 is 14.8 Å². The van der Waals surface area contributed by atoms with E-state index in [1.165, 1.54) is 12.1 Å². The van der Waals surface area contributed by atoms with Crippen molar-refractivity contribution in [1.82, 2.24) is 5.32 Å². The molecule has 0 heterocycles. The summed E-state index contributed by atoms with van der Waals surface area (Å²) in [7, 11) is 0. The fourth-order valence-corrected chi connectivity index (χ4v) is 2.52. The Morgan fingerprint density at radius 1 is 1.03 bits per heavy atom. The maximum atomic E-state index is 12.1. The molecule has 2 aromatic carbocycles. The van der Waals surface area contributed by atoms with Crippen LogP contribution >= 0.6 is 0 Å². The number of hydrogen-bond acceptors (Lipinski definition) is 5. The number of nitrogens with one attached hydrogen (secondary N) is 1. The number of amides is 1. The van der Waals surface area contributed by atoms with E-state index in [0.29, 0.717) is 18.7 Å². The first-order chi connectivity index (χ1) is 13.8. The lowest BCUT2D eigenvalue weighted by atomic mass is 10.1. The SMILES string of the molecule is Cc1ccc(OCC(=O)OCC(=O)NCCc2ccc(OC(F)F)cc2)c(C)c1. The van der Waals surface area contributed by atoms with E-state index in [1.54, 1.807) is 18.2 Å². The molecule has 0 radical (unpaired) electrons. The summed E-state index contributed by atoms with van der Waals surface area (Å²) in [6, 6.07) is 11.7. The average Bonchev–Trinajstić information content (AvgIpc) is 2.66. The summed E-state index contributed by atoms with van der Waals surface area (Å²) in [5.41, 5.74) is 2.83. The van der Waals surface area contributed by atoms with Gasteiger partial charge in [0.15, 0.2) is 13.2 Å². The van der Waals surface area contributed by atoms with Crippen molar-refractivity contribution in [3.63, 3.8) is 0 Å². The topological polar surface area (TPSA) is 73.9 Å². The van der Waals surface area contributed by atoms with Crippen LogP contribution in [0.2, 0.25) is 0 Å². The minimum Gasteiger partial charge on any atom is -0.482 e. The highest BCUT2D eigenvalue weighted by molar-refractivity contribution is 5.80. The molecule has 8 heteroatoms. The van der Waals surface area contributed by atoms with Crippen LogP contribution in [0.5, 0.6) is 11.5 Å². The van der Waals surface area contributed by atoms with Gasteiger partial charge in [-0.05, 0) is 49.6 Å². The lowest BCUT2D eigenvalue weighted by Crippen LogP contribution is -2.31. The van der Waals surface area contributed by atoms with Crippen molar-refractivity contribution in [3.8, 4) is 11.5 Å². The predicted octanol–water partition coefficient (Wildman–Crippen LogP) is 3.19. The Labute approximate surface area is 167 Å². The molecule has 0 aromatic heterocycles. The van der Waals surface area contributed by atoms with Crippen LogP contribution in [0, 0.1) is 13.8 Å². The fourth-order valence-electron chi connectivity index (χ4n) is 2.52. The smallest absolute Gasteiger partial charge is 0.387 e. The number of carbonyl (C=O) groups excluding carboxylic acids is 2. The van der Waals surface area contributed by atoms with Gasteiger partial charge in [0.05, 0.1) is 0 Å². The quantitative estimate of drug-likeness (QED) is 0.613. The van der Waals surface area contributed by atoms with Gasteiger partial charge < -0.3 is 19.5 Å². The second kappa shape index (κ2) is 11.0. The summed E-state index contributed by atoms with van der Waals surface area (Å²) >= 11 is 0. The maximum Gasteiger partial charge on any atom is 0.387 e. The summed E-state index contributed by atoms with van der Waals surface area (Å²) in [5, 5.41) is 2.61. The molecule has 1 N–H and O–H groups in total. The molecule has 0 atom stereocenters. The van der Waals surface area contributed by atoms with Gasteiger partial charge in [0.25, 0.3) is 5.91 Å². The van der Waals surface area contributed by atoms with E-state index in [0.717, 1.165) is 16.7 Å². The second-order valence-electron chi connectivity index (χ2n) is 6.34. The highest BCUT2D eigenvalue weighted by Gasteiger charge is 2.10. The number of carbonyl (C=O) groups is 2. The van der Waals surface area contributed by atoms with Gasteiger partial charge in [-0.1, -0.05) is 29.8 Å². The number of alkyl halides is 2. The lowest BCUT2D eigenvalue weighted by molar-refractivity contribution is -0.150. The van der Waals surface area contributed by atoms with Crippen LogP contribution in [0.15, 0.2) is 42.5 Å². The number of rotatable bonds is 10. The van der Waals surface area contributed by atoms with Crippen molar-refractivity contribution in [2.75, 3.05) is 19.8 Å². The van der Waals surface area contributed by atoms with Gasteiger partial charge in [0, 0.05) is 6.54 Å². The molecule has 0 fully saturated rings. The Kier molecular flexibility index (Phi) is 8.39. The molecular weight excluding hydrogens is 384 g/mol. The van der Waals surface area contributed by atoms with Gasteiger partial charge in [-0.2, -0.15) is 8.78 Å². The zero-order valence-electron chi connectivity index (χ0n) is 16.2. The molecule has 2 rings (SSSR count). The van der Waals surface area contributed by atoms with E-state index >= 15 is 0 Å². The average molecular weight is 407 g/mol. The van der Waals surface area contributed by atoms with E-state index in [-0.39, 0.29) is 12.4 Å². The second-order valence-corrected chi connectivity index (χ2v) is 6.34. The minimum absolute atomic E-state index is 0.0720. The van der Waals surface area contributed by atoms with Gasteiger partial charge in [-0.15, -0.1) is 0 Å². The van der Waals surface area contributed by atoms with Crippen molar-refractivity contribution in [2.45, 2.75) is 26.9 Å². The van der Waals surface area contributed by atoms with Gasteiger partial charge in [0.2, 0.25) is 0 Å². The van der Waals surface area contributed by atoms with E-state index in [9.17, 15) is 18.4 Å². The van der Waals surface area contributed by atoms with Crippen LogP contribution in [0.4, 0.5) is 8.78 Å². The first kappa shape index (κ1) is 22.1.